The van der Waals surface area contributed by atoms with Crippen molar-refractivity contribution in [2.75, 3.05) is 0 Å². The van der Waals surface area contributed by atoms with E-state index in [1.54, 1.807) is 0 Å². The number of nitrogens with zero attached hydrogens (tertiary/aromatic N) is 5. The molecule has 0 saturated heterocycles. The van der Waals surface area contributed by atoms with E-state index in [9.17, 15) is 0 Å². The van der Waals surface area contributed by atoms with Crippen LogP contribution in [0.1, 0.15) is 0 Å². The summed E-state index contributed by atoms with van der Waals surface area (Å²) in [7, 11) is 0. The molecule has 5 heteroatoms. The van der Waals surface area contributed by atoms with Gasteiger partial charge in [0.05, 0.1) is 33.4 Å². The van der Waals surface area contributed by atoms with Crippen molar-refractivity contribution in [2.24, 2.45) is 0 Å². The number of para-hydroxylation sites is 3. The second kappa shape index (κ2) is 13.6. The van der Waals surface area contributed by atoms with Crippen molar-refractivity contribution in [1.29, 1.82) is 0 Å². The SMILES string of the molecule is c1ccc(-c2nc(-c3ccccc3)nc(-c3cc4c5ccccc5c5ccccc5c4cc3-n3c4ccccc4c4c(-n5c6ccccc6c6ccccc65)cccc43)n2)cc1. The molecule has 13 aromatic rings. The lowest BCUT2D eigenvalue weighted by Crippen LogP contribution is -2.04. The summed E-state index contributed by atoms with van der Waals surface area (Å²) in [6.07, 6.45) is 0. The molecule has 0 radical (unpaired) electrons. The van der Waals surface area contributed by atoms with Crippen molar-refractivity contribution < 1.29 is 0 Å². The first-order valence-corrected chi connectivity index (χ1v) is 21.0. The number of hydrogen-bond acceptors (Lipinski definition) is 3. The van der Waals surface area contributed by atoms with E-state index < -0.39 is 0 Å². The summed E-state index contributed by atoms with van der Waals surface area (Å²) >= 11 is 0. The van der Waals surface area contributed by atoms with Crippen LogP contribution in [0.2, 0.25) is 0 Å². The minimum Gasteiger partial charge on any atom is -0.309 e. The highest BCUT2D eigenvalue weighted by atomic mass is 15.1. The molecule has 62 heavy (non-hydrogen) atoms. The van der Waals surface area contributed by atoms with Gasteiger partial charge in [0, 0.05) is 38.2 Å². The molecule has 3 aromatic heterocycles. The van der Waals surface area contributed by atoms with Gasteiger partial charge in [-0.25, -0.2) is 15.0 Å². The minimum atomic E-state index is 0.608. The fourth-order valence-corrected chi connectivity index (χ4v) is 9.86. The van der Waals surface area contributed by atoms with E-state index in [0.717, 1.165) is 44.5 Å². The van der Waals surface area contributed by atoms with Crippen molar-refractivity contribution in [2.45, 2.75) is 0 Å². The molecule has 288 valence electrons. The highest BCUT2D eigenvalue weighted by Crippen LogP contribution is 2.44. The Balaban J connectivity index is 1.20. The highest BCUT2D eigenvalue weighted by molar-refractivity contribution is 6.26. The van der Waals surface area contributed by atoms with Gasteiger partial charge in [-0.2, -0.15) is 0 Å². The largest absolute Gasteiger partial charge is 0.309 e. The molecule has 10 aromatic carbocycles. The summed E-state index contributed by atoms with van der Waals surface area (Å²) in [5.74, 6) is 1.86. The Labute approximate surface area is 356 Å². The van der Waals surface area contributed by atoms with Crippen LogP contribution < -0.4 is 0 Å². The number of rotatable bonds is 5. The average molecular weight is 790 g/mol. The fraction of sp³-hybridized carbons (Fsp3) is 0. The molecule has 0 unspecified atom stereocenters. The van der Waals surface area contributed by atoms with Gasteiger partial charge in [-0.15, -0.1) is 0 Å². The molecule has 0 atom stereocenters. The Bertz CT molecular complexity index is 3810. The average Bonchev–Trinajstić information content (AvgIpc) is 3.87. The van der Waals surface area contributed by atoms with Crippen LogP contribution in [0.4, 0.5) is 0 Å². The van der Waals surface area contributed by atoms with Gasteiger partial charge in [0.2, 0.25) is 0 Å². The minimum absolute atomic E-state index is 0.608. The number of fused-ring (bicyclic) bond motifs is 12. The fourth-order valence-electron chi connectivity index (χ4n) is 9.86. The van der Waals surface area contributed by atoms with Crippen LogP contribution in [-0.2, 0) is 0 Å². The summed E-state index contributed by atoms with van der Waals surface area (Å²) in [6.45, 7) is 0. The quantitative estimate of drug-likeness (QED) is 0.163. The maximum atomic E-state index is 5.37. The maximum absolute atomic E-state index is 5.37. The maximum Gasteiger partial charge on any atom is 0.166 e. The van der Waals surface area contributed by atoms with Crippen LogP contribution in [0.3, 0.4) is 0 Å². The predicted octanol–water partition coefficient (Wildman–Crippen LogP) is 14.5. The third kappa shape index (κ3) is 5.12. The van der Waals surface area contributed by atoms with E-state index in [4.69, 9.17) is 15.0 Å². The summed E-state index contributed by atoms with van der Waals surface area (Å²) in [5.41, 5.74) is 9.45. The summed E-state index contributed by atoms with van der Waals surface area (Å²) in [4.78, 5) is 15.8. The van der Waals surface area contributed by atoms with Gasteiger partial charge in [0.1, 0.15) is 0 Å². The van der Waals surface area contributed by atoms with Crippen LogP contribution in [0, 0.1) is 0 Å². The summed E-state index contributed by atoms with van der Waals surface area (Å²) in [6, 6.07) is 75.7. The Morgan fingerprint density at radius 1 is 0.258 bits per heavy atom. The highest BCUT2D eigenvalue weighted by Gasteiger charge is 2.24. The molecule has 0 bridgehead atoms. The standard InChI is InChI=1S/C57H35N5/c1-3-18-36(19-4-1)55-58-56(37-20-5-2-6-21-37)60-57(59-55)47-34-45-40-24-9-7-22-38(40)39-23-8-10-25-41(39)46(45)35-53(47)62-50-31-16-13-28-44(50)54-51(32-17-33-52(54)62)61-48-29-14-11-26-42(48)43-27-12-15-30-49(43)61/h1-35H. The van der Waals surface area contributed by atoms with Crippen molar-refractivity contribution in [3.8, 4) is 45.5 Å². The van der Waals surface area contributed by atoms with E-state index in [-0.39, 0.29) is 0 Å². The molecule has 0 saturated carbocycles. The molecule has 0 aliphatic heterocycles. The van der Waals surface area contributed by atoms with E-state index in [1.807, 2.05) is 36.4 Å². The normalized spacial score (nSPS) is 11.9. The molecular weight excluding hydrogens is 755 g/mol. The lowest BCUT2D eigenvalue weighted by atomic mass is 9.92. The zero-order chi connectivity index (χ0) is 40.7. The van der Waals surface area contributed by atoms with E-state index >= 15 is 0 Å². The number of benzene rings is 10. The molecule has 13 rings (SSSR count). The van der Waals surface area contributed by atoms with E-state index in [1.165, 1.54) is 59.5 Å². The zero-order valence-corrected chi connectivity index (χ0v) is 33.4. The molecule has 0 aliphatic rings. The molecule has 3 heterocycles. The van der Waals surface area contributed by atoms with Gasteiger partial charge < -0.3 is 9.13 Å². The molecule has 0 fully saturated rings. The Hall–Kier alpha value is -8.41. The number of hydrogen-bond donors (Lipinski definition) is 0. The summed E-state index contributed by atoms with van der Waals surface area (Å²) < 4.78 is 4.88. The molecule has 5 nitrogen and oxygen atoms in total. The third-order valence-corrected chi connectivity index (χ3v) is 12.5. The second-order valence-corrected chi connectivity index (χ2v) is 15.9. The third-order valence-electron chi connectivity index (χ3n) is 12.5. The molecule has 0 N–H and O–H groups in total. The lowest BCUT2D eigenvalue weighted by molar-refractivity contribution is 1.07. The van der Waals surface area contributed by atoms with Crippen LogP contribution in [0.25, 0.3) is 121 Å². The monoisotopic (exact) mass is 789 g/mol. The van der Waals surface area contributed by atoms with Crippen LogP contribution in [0.15, 0.2) is 212 Å². The Morgan fingerprint density at radius 3 is 1.19 bits per heavy atom. The van der Waals surface area contributed by atoms with Crippen LogP contribution in [0.5, 0.6) is 0 Å². The van der Waals surface area contributed by atoms with Crippen LogP contribution >= 0.6 is 0 Å². The van der Waals surface area contributed by atoms with Gasteiger partial charge in [0.25, 0.3) is 0 Å². The van der Waals surface area contributed by atoms with Crippen molar-refractivity contribution in [1.82, 2.24) is 24.1 Å². The Morgan fingerprint density at radius 2 is 0.645 bits per heavy atom. The first kappa shape index (κ1) is 34.5. The van der Waals surface area contributed by atoms with Gasteiger partial charge in [-0.1, -0.05) is 170 Å². The summed E-state index contributed by atoms with van der Waals surface area (Å²) in [5, 5.41) is 12.0. The second-order valence-electron chi connectivity index (χ2n) is 15.9. The molecule has 0 aliphatic carbocycles. The van der Waals surface area contributed by atoms with Crippen molar-refractivity contribution in [3.05, 3.63) is 212 Å². The zero-order valence-electron chi connectivity index (χ0n) is 33.4. The lowest BCUT2D eigenvalue weighted by Gasteiger charge is -2.18. The molecular formula is C57H35N5. The first-order chi connectivity index (χ1) is 30.8. The van der Waals surface area contributed by atoms with Gasteiger partial charge in [-0.05, 0) is 74.8 Å². The van der Waals surface area contributed by atoms with Gasteiger partial charge in [-0.3, -0.25) is 0 Å². The van der Waals surface area contributed by atoms with E-state index in [2.05, 4.69) is 185 Å². The van der Waals surface area contributed by atoms with Crippen LogP contribution in [-0.4, -0.2) is 24.1 Å². The number of aromatic nitrogens is 5. The first-order valence-electron chi connectivity index (χ1n) is 21.0. The van der Waals surface area contributed by atoms with Gasteiger partial charge in [0.15, 0.2) is 17.5 Å². The van der Waals surface area contributed by atoms with Gasteiger partial charge >= 0.3 is 0 Å². The topological polar surface area (TPSA) is 48.5 Å². The molecule has 0 amide bonds. The smallest absolute Gasteiger partial charge is 0.166 e. The van der Waals surface area contributed by atoms with Crippen molar-refractivity contribution >= 4 is 75.9 Å². The predicted molar refractivity (Wildman–Crippen MR) is 257 cm³/mol. The molecule has 0 spiro atoms. The Kier molecular flexibility index (Phi) is 7.54. The van der Waals surface area contributed by atoms with Crippen molar-refractivity contribution in [3.63, 3.8) is 0 Å². The van der Waals surface area contributed by atoms with E-state index in [0.29, 0.717) is 17.5 Å².